The number of nitrogens with zero attached hydrogens (tertiary/aromatic N) is 1. The van der Waals surface area contributed by atoms with Gasteiger partial charge >= 0.3 is 5.97 Å². The van der Waals surface area contributed by atoms with Crippen molar-refractivity contribution in [3.8, 4) is 0 Å². The molecule has 1 amide bonds. The number of carboxylic acids is 1. The molecule has 0 bridgehead atoms. The molecule has 4 heteroatoms. The standard InChI is InChI=1S/C13H23NO3/c1-9(2)8-14(11-4-5-11)12(15)6-10(3)7-13(16)17/h9-11H,4-8H2,1-3H3,(H,16,17). The van der Waals surface area contributed by atoms with Gasteiger partial charge in [-0.1, -0.05) is 20.8 Å². The first kappa shape index (κ1) is 14.0. The Labute approximate surface area is 103 Å². The third kappa shape index (κ3) is 5.20. The number of amides is 1. The molecule has 0 saturated heterocycles. The Balaban J connectivity index is 2.44. The lowest BCUT2D eigenvalue weighted by Crippen LogP contribution is -2.37. The second-order valence-corrected chi connectivity index (χ2v) is 5.58. The normalized spacial score (nSPS) is 16.9. The summed E-state index contributed by atoms with van der Waals surface area (Å²) >= 11 is 0. The summed E-state index contributed by atoms with van der Waals surface area (Å²) in [4.78, 5) is 24.6. The fourth-order valence-electron chi connectivity index (χ4n) is 2.02. The van der Waals surface area contributed by atoms with Crippen LogP contribution in [0.15, 0.2) is 0 Å². The Morgan fingerprint density at radius 2 is 1.82 bits per heavy atom. The van der Waals surface area contributed by atoms with Gasteiger partial charge in [-0.2, -0.15) is 0 Å². The number of hydrogen-bond acceptors (Lipinski definition) is 2. The third-order valence-corrected chi connectivity index (χ3v) is 2.92. The van der Waals surface area contributed by atoms with Gasteiger partial charge in [-0.15, -0.1) is 0 Å². The molecule has 0 aromatic heterocycles. The van der Waals surface area contributed by atoms with E-state index in [2.05, 4.69) is 13.8 Å². The average molecular weight is 241 g/mol. The summed E-state index contributed by atoms with van der Waals surface area (Å²) in [6.07, 6.45) is 2.64. The Kier molecular flexibility index (Phi) is 4.97. The van der Waals surface area contributed by atoms with Crippen molar-refractivity contribution < 1.29 is 14.7 Å². The molecule has 0 aromatic rings. The smallest absolute Gasteiger partial charge is 0.303 e. The fourth-order valence-corrected chi connectivity index (χ4v) is 2.02. The van der Waals surface area contributed by atoms with Crippen molar-refractivity contribution in [2.75, 3.05) is 6.54 Å². The molecular weight excluding hydrogens is 218 g/mol. The molecule has 1 rings (SSSR count). The van der Waals surface area contributed by atoms with E-state index in [1.54, 1.807) is 0 Å². The number of hydrogen-bond donors (Lipinski definition) is 1. The first-order chi connectivity index (χ1) is 7.90. The zero-order valence-electron chi connectivity index (χ0n) is 11.0. The second-order valence-electron chi connectivity index (χ2n) is 5.58. The monoisotopic (exact) mass is 241 g/mol. The van der Waals surface area contributed by atoms with E-state index in [4.69, 9.17) is 5.11 Å². The van der Waals surface area contributed by atoms with Gasteiger partial charge in [0, 0.05) is 25.4 Å². The Morgan fingerprint density at radius 3 is 2.24 bits per heavy atom. The molecule has 1 aliphatic rings. The van der Waals surface area contributed by atoms with Crippen molar-refractivity contribution >= 4 is 11.9 Å². The first-order valence-electron chi connectivity index (χ1n) is 6.41. The Bertz CT molecular complexity index is 284. The summed E-state index contributed by atoms with van der Waals surface area (Å²) in [6, 6.07) is 0.418. The highest BCUT2D eigenvalue weighted by molar-refractivity contribution is 5.78. The lowest BCUT2D eigenvalue weighted by Gasteiger charge is -2.25. The average Bonchev–Trinajstić information content (AvgIpc) is 2.94. The molecule has 1 unspecified atom stereocenters. The van der Waals surface area contributed by atoms with E-state index in [1.165, 1.54) is 0 Å². The zero-order chi connectivity index (χ0) is 13.0. The molecule has 0 radical (unpaired) electrons. The van der Waals surface area contributed by atoms with Crippen molar-refractivity contribution in [2.24, 2.45) is 11.8 Å². The molecule has 0 spiro atoms. The van der Waals surface area contributed by atoms with Crippen LogP contribution in [0.2, 0.25) is 0 Å². The van der Waals surface area contributed by atoms with E-state index in [0.717, 1.165) is 19.4 Å². The van der Waals surface area contributed by atoms with Gasteiger partial charge in [-0.05, 0) is 24.7 Å². The van der Waals surface area contributed by atoms with Crippen molar-refractivity contribution in [3.63, 3.8) is 0 Å². The highest BCUT2D eigenvalue weighted by Crippen LogP contribution is 2.29. The first-order valence-corrected chi connectivity index (χ1v) is 6.41. The van der Waals surface area contributed by atoms with Crippen molar-refractivity contribution in [1.82, 2.24) is 4.90 Å². The molecule has 1 atom stereocenters. The van der Waals surface area contributed by atoms with Crippen LogP contribution >= 0.6 is 0 Å². The summed E-state index contributed by atoms with van der Waals surface area (Å²) in [5.41, 5.74) is 0. The molecular formula is C13H23NO3. The minimum absolute atomic E-state index is 0.0753. The van der Waals surface area contributed by atoms with Crippen LogP contribution in [-0.2, 0) is 9.59 Å². The van der Waals surface area contributed by atoms with Gasteiger partial charge in [0.2, 0.25) is 5.91 Å². The predicted octanol–water partition coefficient (Wildman–Crippen LogP) is 2.13. The zero-order valence-corrected chi connectivity index (χ0v) is 11.0. The van der Waals surface area contributed by atoms with Gasteiger partial charge in [-0.25, -0.2) is 0 Å². The number of rotatable bonds is 7. The van der Waals surface area contributed by atoms with Crippen LogP contribution in [0.3, 0.4) is 0 Å². The number of carbonyl (C=O) groups is 2. The molecule has 17 heavy (non-hydrogen) atoms. The number of aliphatic carboxylic acids is 1. The van der Waals surface area contributed by atoms with Gasteiger partial charge in [-0.3, -0.25) is 9.59 Å². The summed E-state index contributed by atoms with van der Waals surface area (Å²) in [7, 11) is 0. The summed E-state index contributed by atoms with van der Waals surface area (Å²) in [5, 5.41) is 8.68. The van der Waals surface area contributed by atoms with Crippen LogP contribution in [0, 0.1) is 11.8 Å². The van der Waals surface area contributed by atoms with Crippen LogP contribution in [0.25, 0.3) is 0 Å². The Morgan fingerprint density at radius 1 is 1.24 bits per heavy atom. The number of carboxylic acid groups (broad SMARTS) is 1. The molecule has 98 valence electrons. The fraction of sp³-hybridized carbons (Fsp3) is 0.846. The molecule has 1 N–H and O–H groups in total. The molecule has 1 saturated carbocycles. The van der Waals surface area contributed by atoms with Crippen LogP contribution < -0.4 is 0 Å². The van der Waals surface area contributed by atoms with Crippen molar-refractivity contribution in [1.29, 1.82) is 0 Å². The van der Waals surface area contributed by atoms with Gasteiger partial charge < -0.3 is 10.0 Å². The van der Waals surface area contributed by atoms with Crippen molar-refractivity contribution in [2.45, 2.75) is 52.5 Å². The van der Waals surface area contributed by atoms with Gasteiger partial charge in [0.05, 0.1) is 0 Å². The quantitative estimate of drug-likeness (QED) is 0.743. The summed E-state index contributed by atoms with van der Waals surface area (Å²) in [6.45, 7) is 6.82. The van der Waals surface area contributed by atoms with Gasteiger partial charge in [0.1, 0.15) is 0 Å². The lowest BCUT2D eigenvalue weighted by molar-refractivity contribution is -0.138. The van der Waals surface area contributed by atoms with E-state index in [-0.39, 0.29) is 18.2 Å². The van der Waals surface area contributed by atoms with Crippen LogP contribution in [0.5, 0.6) is 0 Å². The summed E-state index contributed by atoms with van der Waals surface area (Å²) in [5.74, 6) is -0.315. The SMILES string of the molecule is CC(C)CN(C(=O)CC(C)CC(=O)O)C1CC1. The largest absolute Gasteiger partial charge is 0.481 e. The van der Waals surface area contributed by atoms with Crippen molar-refractivity contribution in [3.05, 3.63) is 0 Å². The molecule has 0 aliphatic heterocycles. The van der Waals surface area contributed by atoms with E-state index >= 15 is 0 Å². The molecule has 0 heterocycles. The van der Waals surface area contributed by atoms with E-state index in [0.29, 0.717) is 18.4 Å². The summed E-state index contributed by atoms with van der Waals surface area (Å²) < 4.78 is 0. The lowest BCUT2D eigenvalue weighted by atomic mass is 10.0. The van der Waals surface area contributed by atoms with Crippen LogP contribution in [0.1, 0.15) is 46.5 Å². The van der Waals surface area contributed by atoms with Gasteiger partial charge in [0.15, 0.2) is 0 Å². The molecule has 0 aromatic carbocycles. The Hall–Kier alpha value is -1.06. The minimum atomic E-state index is -0.827. The minimum Gasteiger partial charge on any atom is -0.481 e. The van der Waals surface area contributed by atoms with Crippen LogP contribution in [0.4, 0.5) is 0 Å². The van der Waals surface area contributed by atoms with E-state index in [1.807, 2.05) is 11.8 Å². The molecule has 4 nitrogen and oxygen atoms in total. The second kappa shape index (κ2) is 6.03. The maximum atomic E-state index is 12.1. The molecule has 1 aliphatic carbocycles. The predicted molar refractivity (Wildman–Crippen MR) is 65.6 cm³/mol. The highest BCUT2D eigenvalue weighted by atomic mass is 16.4. The maximum Gasteiger partial charge on any atom is 0.303 e. The number of carbonyl (C=O) groups excluding carboxylic acids is 1. The topological polar surface area (TPSA) is 57.6 Å². The van der Waals surface area contributed by atoms with Gasteiger partial charge in [0.25, 0.3) is 0 Å². The highest BCUT2D eigenvalue weighted by Gasteiger charge is 2.33. The van der Waals surface area contributed by atoms with E-state index < -0.39 is 5.97 Å². The molecule has 1 fully saturated rings. The van der Waals surface area contributed by atoms with E-state index in [9.17, 15) is 9.59 Å². The maximum absolute atomic E-state index is 12.1. The van der Waals surface area contributed by atoms with Crippen LogP contribution in [-0.4, -0.2) is 34.5 Å². The third-order valence-electron chi connectivity index (χ3n) is 2.92.